The monoisotopic (exact) mass is 184 g/mol. The molecule has 1 aromatic rings. The number of aromatic nitrogens is 2. The van der Waals surface area contributed by atoms with Gasteiger partial charge in [-0.3, -0.25) is 15.2 Å². The molecule has 0 spiro atoms. The van der Waals surface area contributed by atoms with Crippen molar-refractivity contribution in [2.75, 3.05) is 7.05 Å². The molecular formula is C7H12N4O2. The summed E-state index contributed by atoms with van der Waals surface area (Å²) in [4.78, 5) is 24.8. The van der Waals surface area contributed by atoms with E-state index in [0.717, 1.165) is 4.57 Å². The van der Waals surface area contributed by atoms with Gasteiger partial charge >= 0.3 is 5.69 Å². The van der Waals surface area contributed by atoms with Crippen LogP contribution in [0.4, 0.5) is 0 Å². The number of hydrazine groups is 1. The minimum atomic E-state index is -0.423. The van der Waals surface area contributed by atoms with Gasteiger partial charge in [-0.25, -0.2) is 9.80 Å². The van der Waals surface area contributed by atoms with Crippen molar-refractivity contribution in [1.29, 1.82) is 0 Å². The second-order valence-corrected chi connectivity index (χ2v) is 2.90. The first kappa shape index (κ1) is 9.69. The molecule has 6 nitrogen and oxygen atoms in total. The lowest BCUT2D eigenvalue weighted by Crippen LogP contribution is -2.37. The number of nitrogens with zero attached hydrogens (tertiary/aromatic N) is 2. The van der Waals surface area contributed by atoms with Gasteiger partial charge in [0.2, 0.25) is 0 Å². The normalized spacial score (nSPS) is 10.8. The fourth-order valence-corrected chi connectivity index (χ4v) is 0.997. The Balaban J connectivity index is 3.19. The van der Waals surface area contributed by atoms with Crippen molar-refractivity contribution in [2.45, 2.75) is 6.54 Å². The quantitative estimate of drug-likeness (QED) is 0.427. The van der Waals surface area contributed by atoms with E-state index in [1.165, 1.54) is 18.3 Å². The Bertz CT molecular complexity index is 404. The Morgan fingerprint density at radius 3 is 2.77 bits per heavy atom. The van der Waals surface area contributed by atoms with Gasteiger partial charge in [-0.05, 0) is 0 Å². The fourth-order valence-electron chi connectivity index (χ4n) is 0.997. The van der Waals surface area contributed by atoms with Crippen molar-refractivity contribution >= 4 is 0 Å². The number of H-pyrrole nitrogens is 1. The van der Waals surface area contributed by atoms with E-state index in [9.17, 15) is 9.59 Å². The summed E-state index contributed by atoms with van der Waals surface area (Å²) in [6.07, 6.45) is 1.38. The molecule has 0 bridgehead atoms. The van der Waals surface area contributed by atoms with E-state index < -0.39 is 5.69 Å². The van der Waals surface area contributed by atoms with Crippen LogP contribution in [0, 0.1) is 0 Å². The molecule has 0 aliphatic carbocycles. The standard InChI is InChI=1S/C7H12N4O2/c1-10(8)4-5-3-9-7(13)11(2)6(5)12/h3H,4,8H2,1-2H3,(H,9,13). The van der Waals surface area contributed by atoms with Crippen molar-refractivity contribution in [1.82, 2.24) is 14.6 Å². The van der Waals surface area contributed by atoms with Gasteiger partial charge in [0, 0.05) is 32.4 Å². The van der Waals surface area contributed by atoms with E-state index in [4.69, 9.17) is 5.84 Å². The molecule has 0 fully saturated rings. The molecule has 0 aromatic carbocycles. The van der Waals surface area contributed by atoms with Gasteiger partial charge < -0.3 is 4.98 Å². The highest BCUT2D eigenvalue weighted by atomic mass is 16.2. The van der Waals surface area contributed by atoms with Crippen LogP contribution in [0.3, 0.4) is 0 Å². The predicted octanol–water partition coefficient (Wildman–Crippen LogP) is -1.62. The van der Waals surface area contributed by atoms with E-state index in [1.807, 2.05) is 0 Å². The van der Waals surface area contributed by atoms with Gasteiger partial charge in [0.25, 0.3) is 5.56 Å². The van der Waals surface area contributed by atoms with Gasteiger partial charge in [-0.15, -0.1) is 0 Å². The number of nitrogens with one attached hydrogen (secondary N) is 1. The molecule has 3 N–H and O–H groups in total. The van der Waals surface area contributed by atoms with Crippen molar-refractivity contribution in [2.24, 2.45) is 12.9 Å². The second-order valence-electron chi connectivity index (χ2n) is 2.90. The Labute approximate surface area is 74.6 Å². The third-order valence-electron chi connectivity index (χ3n) is 1.67. The summed E-state index contributed by atoms with van der Waals surface area (Å²) in [6, 6.07) is 0. The molecule has 0 radical (unpaired) electrons. The lowest BCUT2D eigenvalue weighted by Gasteiger charge is -2.08. The van der Waals surface area contributed by atoms with Gasteiger partial charge in [-0.2, -0.15) is 0 Å². The first-order valence-electron chi connectivity index (χ1n) is 3.76. The summed E-state index contributed by atoms with van der Waals surface area (Å²) in [5.74, 6) is 5.37. The van der Waals surface area contributed by atoms with Gasteiger partial charge in [0.05, 0.1) is 0 Å². The topological polar surface area (TPSA) is 84.1 Å². The molecular weight excluding hydrogens is 172 g/mol. The Morgan fingerprint density at radius 1 is 1.62 bits per heavy atom. The number of aromatic amines is 1. The first-order valence-corrected chi connectivity index (χ1v) is 3.76. The molecule has 13 heavy (non-hydrogen) atoms. The maximum Gasteiger partial charge on any atom is 0.328 e. The maximum atomic E-state index is 11.4. The average molecular weight is 184 g/mol. The molecule has 0 amide bonds. The SMILES string of the molecule is CN(N)Cc1c[nH]c(=O)n(C)c1=O. The molecule has 72 valence electrons. The molecule has 0 aliphatic heterocycles. The summed E-state index contributed by atoms with van der Waals surface area (Å²) in [5, 5.41) is 1.37. The summed E-state index contributed by atoms with van der Waals surface area (Å²) in [5.41, 5.74) is -0.276. The number of nitrogens with two attached hydrogens (primary N) is 1. The van der Waals surface area contributed by atoms with Gasteiger partial charge in [0.15, 0.2) is 0 Å². The van der Waals surface area contributed by atoms with Crippen molar-refractivity contribution < 1.29 is 0 Å². The van der Waals surface area contributed by atoms with Crippen molar-refractivity contribution in [3.8, 4) is 0 Å². The number of hydrogen-bond acceptors (Lipinski definition) is 4. The van der Waals surface area contributed by atoms with Crippen LogP contribution in [0.2, 0.25) is 0 Å². The minimum Gasteiger partial charge on any atom is -0.314 e. The average Bonchev–Trinajstić information content (AvgIpc) is 2.06. The van der Waals surface area contributed by atoms with Crippen molar-refractivity contribution in [3.63, 3.8) is 0 Å². The molecule has 0 saturated heterocycles. The lowest BCUT2D eigenvalue weighted by molar-refractivity contribution is 0.338. The molecule has 0 unspecified atom stereocenters. The summed E-state index contributed by atoms with van der Waals surface area (Å²) < 4.78 is 1.01. The minimum absolute atomic E-state index is 0.309. The van der Waals surface area contributed by atoms with E-state index in [1.54, 1.807) is 7.05 Å². The van der Waals surface area contributed by atoms with Crippen LogP contribution in [-0.4, -0.2) is 21.6 Å². The summed E-state index contributed by atoms with van der Waals surface area (Å²) >= 11 is 0. The van der Waals surface area contributed by atoms with Crippen molar-refractivity contribution in [3.05, 3.63) is 32.6 Å². The third kappa shape index (κ3) is 2.04. The van der Waals surface area contributed by atoms with E-state index in [0.29, 0.717) is 12.1 Å². The fraction of sp³-hybridized carbons (Fsp3) is 0.429. The van der Waals surface area contributed by atoms with Crippen LogP contribution in [-0.2, 0) is 13.6 Å². The smallest absolute Gasteiger partial charge is 0.314 e. The molecule has 6 heteroatoms. The van der Waals surface area contributed by atoms with Crippen LogP contribution >= 0.6 is 0 Å². The molecule has 0 aliphatic rings. The van der Waals surface area contributed by atoms with E-state index in [-0.39, 0.29) is 5.56 Å². The summed E-state index contributed by atoms with van der Waals surface area (Å²) in [7, 11) is 3.06. The largest absolute Gasteiger partial charge is 0.328 e. The molecule has 1 heterocycles. The van der Waals surface area contributed by atoms with E-state index in [2.05, 4.69) is 4.98 Å². The molecule has 1 rings (SSSR count). The van der Waals surface area contributed by atoms with Gasteiger partial charge in [-0.1, -0.05) is 0 Å². The lowest BCUT2D eigenvalue weighted by atomic mass is 10.3. The second kappa shape index (κ2) is 3.55. The Hall–Kier alpha value is -1.40. The molecule has 0 atom stereocenters. The van der Waals surface area contributed by atoms with Crippen LogP contribution in [0.25, 0.3) is 0 Å². The van der Waals surface area contributed by atoms with Crippen LogP contribution < -0.4 is 17.1 Å². The highest BCUT2D eigenvalue weighted by molar-refractivity contribution is 5.03. The molecule has 1 aromatic heterocycles. The van der Waals surface area contributed by atoms with E-state index >= 15 is 0 Å². The van der Waals surface area contributed by atoms with Crippen LogP contribution in [0.1, 0.15) is 5.56 Å². The molecule has 0 saturated carbocycles. The summed E-state index contributed by atoms with van der Waals surface area (Å²) in [6.45, 7) is 0.309. The first-order chi connectivity index (χ1) is 6.02. The number of rotatable bonds is 2. The number of hydrogen-bond donors (Lipinski definition) is 2. The van der Waals surface area contributed by atoms with Gasteiger partial charge in [0.1, 0.15) is 0 Å². The Kier molecular flexibility index (Phi) is 2.64. The van der Waals surface area contributed by atoms with Crippen LogP contribution in [0.15, 0.2) is 15.8 Å². The third-order valence-corrected chi connectivity index (χ3v) is 1.67. The zero-order valence-electron chi connectivity index (χ0n) is 7.57. The maximum absolute atomic E-state index is 11.4. The zero-order valence-corrected chi connectivity index (χ0v) is 7.57. The Morgan fingerprint density at radius 2 is 2.23 bits per heavy atom. The zero-order chi connectivity index (χ0) is 10.0. The predicted molar refractivity (Wildman–Crippen MR) is 48.0 cm³/mol. The highest BCUT2D eigenvalue weighted by Gasteiger charge is 2.04. The highest BCUT2D eigenvalue weighted by Crippen LogP contribution is 1.87. The van der Waals surface area contributed by atoms with Crippen LogP contribution in [0.5, 0.6) is 0 Å².